The molecule has 2 amide bonds. The van der Waals surface area contributed by atoms with Gasteiger partial charge in [-0.15, -0.1) is 0 Å². The van der Waals surface area contributed by atoms with Gasteiger partial charge in [0.1, 0.15) is 12.4 Å². The average molecular weight is 387 g/mol. The standard InChI is InChI=1S/C19H15ClN2O3S/c1-12(23)21-19-22-18(24)17(26-19)10-14-4-2-3-5-16(14)25-11-13-6-8-15(20)9-7-13/h2-10H,11H2,1H3,(H,21,22,23,24)/b17-10-. The highest BCUT2D eigenvalue weighted by molar-refractivity contribution is 8.18. The lowest BCUT2D eigenvalue weighted by Gasteiger charge is -2.10. The Morgan fingerprint density at radius 2 is 1.96 bits per heavy atom. The van der Waals surface area contributed by atoms with E-state index in [0.717, 1.165) is 22.9 Å². The third-order valence-electron chi connectivity index (χ3n) is 3.42. The minimum atomic E-state index is -0.383. The zero-order valence-electron chi connectivity index (χ0n) is 13.9. The first-order valence-electron chi connectivity index (χ1n) is 7.78. The summed E-state index contributed by atoms with van der Waals surface area (Å²) in [5.74, 6) is -0.000389. The molecule has 0 unspecified atom stereocenters. The largest absolute Gasteiger partial charge is 0.488 e. The number of carbonyl (C=O) groups is 2. The summed E-state index contributed by atoms with van der Waals surface area (Å²) in [5.41, 5.74) is 1.75. The predicted octanol–water partition coefficient (Wildman–Crippen LogP) is 4.03. The number of ether oxygens (including phenoxy) is 1. The number of para-hydroxylation sites is 1. The number of nitrogens with zero attached hydrogens (tertiary/aromatic N) is 1. The van der Waals surface area contributed by atoms with Gasteiger partial charge in [0.2, 0.25) is 5.91 Å². The van der Waals surface area contributed by atoms with E-state index in [1.807, 2.05) is 48.5 Å². The fourth-order valence-electron chi connectivity index (χ4n) is 2.23. The molecule has 0 fully saturated rings. The second-order valence-electron chi connectivity index (χ2n) is 5.47. The first kappa shape index (κ1) is 18.2. The van der Waals surface area contributed by atoms with Crippen molar-refractivity contribution in [2.75, 3.05) is 0 Å². The molecule has 0 radical (unpaired) electrons. The molecule has 0 spiro atoms. The van der Waals surface area contributed by atoms with E-state index in [2.05, 4.69) is 10.3 Å². The minimum absolute atomic E-state index is 0.267. The summed E-state index contributed by atoms with van der Waals surface area (Å²) >= 11 is 7.01. The molecule has 26 heavy (non-hydrogen) atoms. The van der Waals surface area contributed by atoms with Crippen LogP contribution in [0.5, 0.6) is 5.75 Å². The van der Waals surface area contributed by atoms with Gasteiger partial charge in [-0.1, -0.05) is 41.9 Å². The summed E-state index contributed by atoms with van der Waals surface area (Å²) in [5, 5.41) is 3.48. The zero-order valence-corrected chi connectivity index (χ0v) is 15.4. The number of aliphatic imine (C=N–C) groups is 1. The molecule has 0 saturated carbocycles. The summed E-state index contributed by atoms with van der Waals surface area (Å²) in [7, 11) is 0. The number of nitrogens with one attached hydrogen (secondary N) is 1. The van der Waals surface area contributed by atoms with Crippen molar-refractivity contribution in [1.82, 2.24) is 5.32 Å². The topological polar surface area (TPSA) is 67.8 Å². The van der Waals surface area contributed by atoms with E-state index in [9.17, 15) is 9.59 Å². The molecular formula is C19H15ClN2O3S. The highest BCUT2D eigenvalue weighted by Gasteiger charge is 2.22. The second kappa shape index (κ2) is 8.21. The number of carbonyl (C=O) groups excluding carboxylic acids is 2. The molecule has 1 N–H and O–H groups in total. The van der Waals surface area contributed by atoms with Crippen LogP contribution >= 0.6 is 23.4 Å². The predicted molar refractivity (Wildman–Crippen MR) is 104 cm³/mol. The third-order valence-corrected chi connectivity index (χ3v) is 4.57. The SMILES string of the molecule is CC(=O)NC1=NC(=O)/C(=C/c2ccccc2OCc2ccc(Cl)cc2)S1. The van der Waals surface area contributed by atoms with Crippen molar-refractivity contribution in [2.24, 2.45) is 4.99 Å². The van der Waals surface area contributed by atoms with Gasteiger partial charge >= 0.3 is 0 Å². The summed E-state index contributed by atoms with van der Waals surface area (Å²) in [4.78, 5) is 27.4. The number of amides is 2. The van der Waals surface area contributed by atoms with Crippen LogP contribution in [0.15, 0.2) is 58.4 Å². The van der Waals surface area contributed by atoms with Crippen molar-refractivity contribution >= 4 is 46.4 Å². The molecule has 0 aliphatic carbocycles. The quantitative estimate of drug-likeness (QED) is 0.805. The molecule has 2 aromatic carbocycles. The maximum Gasteiger partial charge on any atom is 0.286 e. The van der Waals surface area contributed by atoms with E-state index in [4.69, 9.17) is 16.3 Å². The Morgan fingerprint density at radius 3 is 2.69 bits per heavy atom. The van der Waals surface area contributed by atoms with E-state index < -0.39 is 0 Å². The van der Waals surface area contributed by atoms with Crippen LogP contribution in [0, 0.1) is 0 Å². The Labute approximate surface area is 160 Å². The fourth-order valence-corrected chi connectivity index (χ4v) is 3.20. The van der Waals surface area contributed by atoms with Crippen LogP contribution in [0.3, 0.4) is 0 Å². The van der Waals surface area contributed by atoms with Crippen LogP contribution in [-0.4, -0.2) is 17.0 Å². The van der Waals surface area contributed by atoms with Crippen LogP contribution in [0.25, 0.3) is 6.08 Å². The van der Waals surface area contributed by atoms with Gasteiger partial charge in [-0.05, 0) is 41.6 Å². The molecule has 0 aromatic heterocycles. The lowest BCUT2D eigenvalue weighted by molar-refractivity contribution is -0.117. The summed E-state index contributed by atoms with van der Waals surface area (Å²) in [6, 6.07) is 14.8. The number of amidine groups is 1. The number of rotatable bonds is 4. The van der Waals surface area contributed by atoms with Crippen LogP contribution in [0.2, 0.25) is 5.02 Å². The molecule has 1 heterocycles. The van der Waals surface area contributed by atoms with Gasteiger partial charge in [0.05, 0.1) is 4.91 Å². The van der Waals surface area contributed by atoms with E-state index >= 15 is 0 Å². The van der Waals surface area contributed by atoms with Crippen molar-refractivity contribution < 1.29 is 14.3 Å². The highest BCUT2D eigenvalue weighted by Crippen LogP contribution is 2.30. The minimum Gasteiger partial charge on any atom is -0.488 e. The molecule has 0 atom stereocenters. The summed E-state index contributed by atoms with van der Waals surface area (Å²) < 4.78 is 5.88. The first-order valence-corrected chi connectivity index (χ1v) is 8.97. The van der Waals surface area contributed by atoms with E-state index in [1.54, 1.807) is 6.08 Å². The van der Waals surface area contributed by atoms with E-state index in [0.29, 0.717) is 22.3 Å². The summed E-state index contributed by atoms with van der Waals surface area (Å²) in [6.07, 6.45) is 1.71. The van der Waals surface area contributed by atoms with Gasteiger partial charge in [0.15, 0.2) is 5.17 Å². The van der Waals surface area contributed by atoms with E-state index in [1.165, 1.54) is 6.92 Å². The molecule has 1 aliphatic rings. The monoisotopic (exact) mass is 386 g/mol. The molecule has 7 heteroatoms. The Bertz CT molecular complexity index is 907. The maximum absolute atomic E-state index is 12.0. The van der Waals surface area contributed by atoms with Gasteiger partial charge in [-0.25, -0.2) is 0 Å². The van der Waals surface area contributed by atoms with Crippen molar-refractivity contribution in [2.45, 2.75) is 13.5 Å². The average Bonchev–Trinajstić information content (AvgIpc) is 2.94. The number of halogens is 1. The number of thioether (sulfide) groups is 1. The smallest absolute Gasteiger partial charge is 0.286 e. The Morgan fingerprint density at radius 1 is 1.23 bits per heavy atom. The van der Waals surface area contributed by atoms with Gasteiger partial charge in [-0.3, -0.25) is 9.59 Å². The van der Waals surface area contributed by atoms with Crippen LogP contribution in [0.4, 0.5) is 0 Å². The number of hydrogen-bond donors (Lipinski definition) is 1. The van der Waals surface area contributed by atoms with Crippen molar-refractivity contribution in [3.8, 4) is 5.75 Å². The molecular weight excluding hydrogens is 372 g/mol. The van der Waals surface area contributed by atoms with E-state index in [-0.39, 0.29) is 17.0 Å². The molecule has 5 nitrogen and oxygen atoms in total. The van der Waals surface area contributed by atoms with Crippen molar-refractivity contribution in [3.63, 3.8) is 0 Å². The molecule has 0 bridgehead atoms. The molecule has 1 aliphatic heterocycles. The zero-order chi connectivity index (χ0) is 18.5. The lowest BCUT2D eigenvalue weighted by Crippen LogP contribution is -2.23. The van der Waals surface area contributed by atoms with Crippen LogP contribution in [-0.2, 0) is 16.2 Å². The highest BCUT2D eigenvalue weighted by atomic mass is 35.5. The van der Waals surface area contributed by atoms with Gasteiger partial charge < -0.3 is 10.1 Å². The Hall–Kier alpha value is -2.57. The molecule has 0 saturated heterocycles. The fraction of sp³-hybridized carbons (Fsp3) is 0.105. The third kappa shape index (κ3) is 4.74. The van der Waals surface area contributed by atoms with Crippen LogP contribution < -0.4 is 10.1 Å². The maximum atomic E-state index is 12.0. The van der Waals surface area contributed by atoms with Gasteiger partial charge in [0.25, 0.3) is 5.91 Å². The first-order chi connectivity index (χ1) is 12.5. The number of hydrogen-bond acceptors (Lipinski definition) is 4. The summed E-state index contributed by atoms with van der Waals surface area (Å²) in [6.45, 7) is 1.75. The van der Waals surface area contributed by atoms with Gasteiger partial charge in [-0.2, -0.15) is 4.99 Å². The normalized spacial score (nSPS) is 15.1. The van der Waals surface area contributed by atoms with Crippen LogP contribution in [0.1, 0.15) is 18.1 Å². The molecule has 3 rings (SSSR count). The Kier molecular flexibility index (Phi) is 5.75. The lowest BCUT2D eigenvalue weighted by atomic mass is 10.2. The van der Waals surface area contributed by atoms with Crippen molar-refractivity contribution in [1.29, 1.82) is 0 Å². The Balaban J connectivity index is 1.74. The van der Waals surface area contributed by atoms with Crippen molar-refractivity contribution in [3.05, 3.63) is 69.6 Å². The molecule has 132 valence electrons. The molecule has 2 aromatic rings. The van der Waals surface area contributed by atoms with Gasteiger partial charge in [0, 0.05) is 17.5 Å². The second-order valence-corrected chi connectivity index (χ2v) is 6.93. The number of benzene rings is 2.